The number of nitrogens with zero attached hydrogens (tertiary/aromatic N) is 2. The van der Waals surface area contributed by atoms with Gasteiger partial charge in [0, 0.05) is 24.7 Å². The van der Waals surface area contributed by atoms with Gasteiger partial charge in [-0.1, -0.05) is 36.8 Å². The molecule has 1 N–H and O–H groups in total. The van der Waals surface area contributed by atoms with Crippen molar-refractivity contribution in [1.82, 2.24) is 15.1 Å². The largest absolute Gasteiger partial charge is 0.310 e. The average molecular weight is 271 g/mol. The Kier molecular flexibility index (Phi) is 4.96. The van der Waals surface area contributed by atoms with Crippen LogP contribution in [0.15, 0.2) is 30.3 Å². The van der Waals surface area contributed by atoms with E-state index in [1.165, 1.54) is 16.8 Å². The van der Waals surface area contributed by atoms with E-state index in [2.05, 4.69) is 73.1 Å². The number of hydrogen-bond acceptors (Lipinski definition) is 2. The Balaban J connectivity index is 2.25. The van der Waals surface area contributed by atoms with Crippen LogP contribution >= 0.6 is 0 Å². The van der Waals surface area contributed by atoms with Gasteiger partial charge in [0.05, 0.1) is 5.69 Å². The highest BCUT2D eigenvalue weighted by atomic mass is 15.3. The van der Waals surface area contributed by atoms with Crippen molar-refractivity contribution in [2.75, 3.05) is 6.54 Å². The molecular formula is C17H25N3. The van der Waals surface area contributed by atoms with Gasteiger partial charge in [-0.05, 0) is 38.9 Å². The SMILES string of the molecule is CCNC(Cc1cc(C)nn1CC)c1cccc(C)c1. The molecule has 1 aromatic heterocycles. The van der Waals surface area contributed by atoms with Crippen LogP contribution in [0, 0.1) is 13.8 Å². The molecule has 2 aromatic rings. The van der Waals surface area contributed by atoms with E-state index >= 15 is 0 Å². The zero-order valence-electron chi connectivity index (χ0n) is 13.0. The van der Waals surface area contributed by atoms with Crippen LogP contribution in [0.4, 0.5) is 0 Å². The lowest BCUT2D eigenvalue weighted by Gasteiger charge is -2.19. The van der Waals surface area contributed by atoms with Crippen LogP contribution in [0.5, 0.6) is 0 Å². The summed E-state index contributed by atoms with van der Waals surface area (Å²) >= 11 is 0. The lowest BCUT2D eigenvalue weighted by Crippen LogP contribution is -2.24. The van der Waals surface area contributed by atoms with Crippen LogP contribution in [0.2, 0.25) is 0 Å². The third-order valence-corrected chi connectivity index (χ3v) is 3.59. The number of benzene rings is 1. The van der Waals surface area contributed by atoms with Gasteiger partial charge in [0.15, 0.2) is 0 Å². The molecule has 0 fully saturated rings. The van der Waals surface area contributed by atoms with Crippen LogP contribution in [0.3, 0.4) is 0 Å². The van der Waals surface area contributed by atoms with Gasteiger partial charge in [0.25, 0.3) is 0 Å². The van der Waals surface area contributed by atoms with E-state index in [-0.39, 0.29) is 0 Å². The lowest BCUT2D eigenvalue weighted by atomic mass is 10.00. The van der Waals surface area contributed by atoms with Crippen molar-refractivity contribution in [3.8, 4) is 0 Å². The van der Waals surface area contributed by atoms with Gasteiger partial charge in [-0.3, -0.25) is 4.68 Å². The Labute approximate surface area is 122 Å². The number of likely N-dealkylation sites (N-methyl/N-ethyl adjacent to an activating group) is 1. The lowest BCUT2D eigenvalue weighted by molar-refractivity contribution is 0.516. The molecule has 2 rings (SSSR count). The van der Waals surface area contributed by atoms with Gasteiger partial charge >= 0.3 is 0 Å². The predicted molar refractivity (Wildman–Crippen MR) is 83.9 cm³/mol. The molecule has 1 aromatic carbocycles. The van der Waals surface area contributed by atoms with Gasteiger partial charge in [-0.25, -0.2) is 0 Å². The summed E-state index contributed by atoms with van der Waals surface area (Å²) in [6, 6.07) is 11.3. The number of aromatic nitrogens is 2. The first-order chi connectivity index (χ1) is 9.63. The molecule has 3 nitrogen and oxygen atoms in total. The van der Waals surface area contributed by atoms with E-state index in [1.54, 1.807) is 0 Å². The van der Waals surface area contributed by atoms with Crippen LogP contribution in [0.25, 0.3) is 0 Å². The molecule has 3 heteroatoms. The van der Waals surface area contributed by atoms with Crippen LogP contribution in [0.1, 0.15) is 42.4 Å². The molecule has 0 saturated heterocycles. The van der Waals surface area contributed by atoms with Crippen molar-refractivity contribution >= 4 is 0 Å². The van der Waals surface area contributed by atoms with Crippen LogP contribution < -0.4 is 5.32 Å². The number of aryl methyl sites for hydroxylation is 3. The molecule has 20 heavy (non-hydrogen) atoms. The Bertz CT molecular complexity index is 557. The van der Waals surface area contributed by atoms with Gasteiger partial charge in [0.1, 0.15) is 0 Å². The molecule has 0 aliphatic carbocycles. The molecule has 0 radical (unpaired) electrons. The molecule has 1 atom stereocenters. The second kappa shape index (κ2) is 6.71. The zero-order valence-corrected chi connectivity index (χ0v) is 13.0. The standard InChI is InChI=1S/C17H25N3/c1-5-18-17(15-9-7-8-13(3)10-15)12-16-11-14(4)19-20(16)6-2/h7-11,17-18H,5-6,12H2,1-4H3. The maximum Gasteiger partial charge on any atom is 0.0596 e. The Morgan fingerprint density at radius 2 is 2.00 bits per heavy atom. The predicted octanol–water partition coefficient (Wildman–Crippen LogP) is 3.41. The van der Waals surface area contributed by atoms with Crippen molar-refractivity contribution in [2.45, 2.75) is 46.7 Å². The second-order valence-corrected chi connectivity index (χ2v) is 5.32. The quantitative estimate of drug-likeness (QED) is 0.872. The van der Waals surface area contributed by atoms with E-state index < -0.39 is 0 Å². The molecule has 1 unspecified atom stereocenters. The first-order valence-corrected chi connectivity index (χ1v) is 7.47. The molecule has 0 aliphatic rings. The van der Waals surface area contributed by atoms with E-state index in [9.17, 15) is 0 Å². The summed E-state index contributed by atoms with van der Waals surface area (Å²) in [6.07, 6.45) is 0.978. The van der Waals surface area contributed by atoms with E-state index in [4.69, 9.17) is 0 Å². The summed E-state index contributed by atoms with van der Waals surface area (Å²) in [4.78, 5) is 0. The topological polar surface area (TPSA) is 29.9 Å². The van der Waals surface area contributed by atoms with E-state index in [1.807, 2.05) is 0 Å². The Hall–Kier alpha value is -1.61. The summed E-state index contributed by atoms with van der Waals surface area (Å²) in [5.41, 5.74) is 5.07. The fraction of sp³-hybridized carbons (Fsp3) is 0.471. The van der Waals surface area contributed by atoms with Crippen molar-refractivity contribution in [3.05, 3.63) is 52.8 Å². The van der Waals surface area contributed by atoms with Crippen molar-refractivity contribution in [3.63, 3.8) is 0 Å². The van der Waals surface area contributed by atoms with Gasteiger partial charge in [-0.15, -0.1) is 0 Å². The summed E-state index contributed by atoms with van der Waals surface area (Å²) in [7, 11) is 0. The normalized spacial score (nSPS) is 12.6. The molecular weight excluding hydrogens is 246 g/mol. The number of hydrogen-bond donors (Lipinski definition) is 1. The van der Waals surface area contributed by atoms with Crippen molar-refractivity contribution < 1.29 is 0 Å². The summed E-state index contributed by atoms with van der Waals surface area (Å²) in [5, 5.41) is 8.14. The third kappa shape index (κ3) is 3.48. The molecule has 0 saturated carbocycles. The first kappa shape index (κ1) is 14.8. The highest BCUT2D eigenvalue weighted by Crippen LogP contribution is 2.20. The minimum Gasteiger partial charge on any atom is -0.310 e. The number of rotatable bonds is 6. The smallest absolute Gasteiger partial charge is 0.0596 e. The fourth-order valence-electron chi connectivity index (χ4n) is 2.69. The van der Waals surface area contributed by atoms with E-state index in [0.29, 0.717) is 6.04 Å². The molecule has 0 bridgehead atoms. The molecule has 0 amide bonds. The number of nitrogens with one attached hydrogen (secondary N) is 1. The molecule has 0 spiro atoms. The third-order valence-electron chi connectivity index (χ3n) is 3.59. The highest BCUT2D eigenvalue weighted by molar-refractivity contribution is 5.26. The van der Waals surface area contributed by atoms with Crippen LogP contribution in [-0.2, 0) is 13.0 Å². The van der Waals surface area contributed by atoms with Crippen molar-refractivity contribution in [2.24, 2.45) is 0 Å². The highest BCUT2D eigenvalue weighted by Gasteiger charge is 2.14. The monoisotopic (exact) mass is 271 g/mol. The minimum absolute atomic E-state index is 0.348. The average Bonchev–Trinajstić information content (AvgIpc) is 2.78. The summed E-state index contributed by atoms with van der Waals surface area (Å²) in [5.74, 6) is 0. The molecule has 0 aliphatic heterocycles. The van der Waals surface area contributed by atoms with E-state index in [0.717, 1.165) is 25.2 Å². The maximum absolute atomic E-state index is 4.54. The first-order valence-electron chi connectivity index (χ1n) is 7.47. The summed E-state index contributed by atoms with van der Waals surface area (Å²) < 4.78 is 2.11. The molecule has 1 heterocycles. The van der Waals surface area contributed by atoms with Gasteiger partial charge in [0.2, 0.25) is 0 Å². The van der Waals surface area contributed by atoms with Gasteiger partial charge in [-0.2, -0.15) is 5.10 Å². The summed E-state index contributed by atoms with van der Waals surface area (Å²) in [6.45, 7) is 10.4. The fourth-order valence-corrected chi connectivity index (χ4v) is 2.69. The zero-order chi connectivity index (χ0) is 14.5. The van der Waals surface area contributed by atoms with Crippen LogP contribution in [-0.4, -0.2) is 16.3 Å². The second-order valence-electron chi connectivity index (χ2n) is 5.32. The van der Waals surface area contributed by atoms with Gasteiger partial charge < -0.3 is 5.32 Å². The Morgan fingerprint density at radius 3 is 2.65 bits per heavy atom. The molecule has 108 valence electrons. The minimum atomic E-state index is 0.348. The Morgan fingerprint density at radius 1 is 1.20 bits per heavy atom. The van der Waals surface area contributed by atoms with Crippen molar-refractivity contribution in [1.29, 1.82) is 0 Å². The maximum atomic E-state index is 4.54.